The molecule has 0 bridgehead atoms. The number of esters is 1. The van der Waals surface area contributed by atoms with Gasteiger partial charge in [0.15, 0.2) is 0 Å². The summed E-state index contributed by atoms with van der Waals surface area (Å²) in [6.07, 6.45) is 0. The van der Waals surface area contributed by atoms with E-state index < -0.39 is 0 Å². The molecule has 4 aromatic rings. The standard InChI is InChI=1S/C26H24N2O4S2/c1-30-22-10-6-5-9-20(22)24-27-19(17-33-24)16-32-26(29)23-15-21(18-7-3-2-4-8-18)25(34-23)28-11-13-31-14-12-28/h2-10,15,17H,11-14,16H2,1H3. The Morgan fingerprint density at radius 2 is 1.82 bits per heavy atom. The molecule has 1 aliphatic heterocycles. The zero-order chi connectivity index (χ0) is 23.3. The van der Waals surface area contributed by atoms with Gasteiger partial charge >= 0.3 is 5.97 Å². The molecular weight excluding hydrogens is 468 g/mol. The van der Waals surface area contributed by atoms with Gasteiger partial charge in [-0.25, -0.2) is 9.78 Å². The van der Waals surface area contributed by atoms with Gasteiger partial charge in [0.25, 0.3) is 0 Å². The average molecular weight is 493 g/mol. The number of thiophene rings is 1. The molecule has 1 saturated heterocycles. The number of ether oxygens (including phenoxy) is 3. The van der Waals surface area contributed by atoms with Gasteiger partial charge in [-0.15, -0.1) is 22.7 Å². The van der Waals surface area contributed by atoms with Crippen molar-refractivity contribution in [2.24, 2.45) is 0 Å². The molecule has 1 aliphatic rings. The maximum Gasteiger partial charge on any atom is 0.348 e. The lowest BCUT2D eigenvalue weighted by Crippen LogP contribution is -2.35. The molecule has 8 heteroatoms. The van der Waals surface area contributed by atoms with E-state index in [1.165, 1.54) is 22.7 Å². The van der Waals surface area contributed by atoms with Crippen LogP contribution >= 0.6 is 22.7 Å². The number of thiazole rings is 1. The number of para-hydroxylation sites is 1. The molecule has 0 saturated carbocycles. The Morgan fingerprint density at radius 1 is 1.06 bits per heavy atom. The molecule has 0 radical (unpaired) electrons. The number of methoxy groups -OCH3 is 1. The summed E-state index contributed by atoms with van der Waals surface area (Å²) in [5.74, 6) is 0.427. The highest BCUT2D eigenvalue weighted by Crippen LogP contribution is 2.40. The van der Waals surface area contributed by atoms with Crippen LogP contribution in [0.1, 0.15) is 15.4 Å². The highest BCUT2D eigenvalue weighted by atomic mass is 32.1. The molecule has 2 aromatic heterocycles. The van der Waals surface area contributed by atoms with E-state index in [9.17, 15) is 4.79 Å². The molecule has 0 amide bonds. The first-order valence-corrected chi connectivity index (χ1v) is 12.7. The summed E-state index contributed by atoms with van der Waals surface area (Å²) in [6, 6.07) is 19.8. The van der Waals surface area contributed by atoms with Crippen molar-refractivity contribution in [3.63, 3.8) is 0 Å². The Labute approximate surface area is 206 Å². The van der Waals surface area contributed by atoms with E-state index in [-0.39, 0.29) is 12.6 Å². The monoisotopic (exact) mass is 492 g/mol. The van der Waals surface area contributed by atoms with Gasteiger partial charge in [0, 0.05) is 24.0 Å². The fourth-order valence-electron chi connectivity index (χ4n) is 3.84. The van der Waals surface area contributed by atoms with Crippen molar-refractivity contribution in [3.05, 3.63) is 76.6 Å². The third-order valence-electron chi connectivity index (χ3n) is 5.54. The highest BCUT2D eigenvalue weighted by Gasteiger charge is 2.23. The van der Waals surface area contributed by atoms with Crippen LogP contribution in [0.4, 0.5) is 5.00 Å². The van der Waals surface area contributed by atoms with E-state index in [1.54, 1.807) is 7.11 Å². The number of hydrogen-bond donors (Lipinski definition) is 0. The Hall–Kier alpha value is -3.20. The predicted molar refractivity (Wildman–Crippen MR) is 136 cm³/mol. The Morgan fingerprint density at radius 3 is 2.62 bits per heavy atom. The molecule has 0 spiro atoms. The predicted octanol–water partition coefficient (Wildman–Crippen LogP) is 5.74. The quantitative estimate of drug-likeness (QED) is 0.307. The normalized spacial score (nSPS) is 13.6. The zero-order valence-corrected chi connectivity index (χ0v) is 20.4. The molecule has 5 rings (SSSR count). The van der Waals surface area contributed by atoms with Gasteiger partial charge in [-0.05, 0) is 23.8 Å². The Balaban J connectivity index is 1.33. The number of anilines is 1. The topological polar surface area (TPSA) is 60.9 Å². The summed E-state index contributed by atoms with van der Waals surface area (Å²) in [5.41, 5.74) is 3.77. The second kappa shape index (κ2) is 10.4. The first kappa shape index (κ1) is 22.6. The SMILES string of the molecule is COc1ccccc1-c1nc(COC(=O)c2cc(-c3ccccc3)c(N3CCOCC3)s2)cs1. The molecule has 1 fully saturated rings. The van der Waals surface area contributed by atoms with Crippen molar-refractivity contribution < 1.29 is 19.0 Å². The van der Waals surface area contributed by atoms with Crippen LogP contribution in [0.5, 0.6) is 5.75 Å². The van der Waals surface area contributed by atoms with Gasteiger partial charge in [0.2, 0.25) is 0 Å². The largest absolute Gasteiger partial charge is 0.496 e. The summed E-state index contributed by atoms with van der Waals surface area (Å²) < 4.78 is 16.6. The number of nitrogens with zero attached hydrogens (tertiary/aromatic N) is 2. The molecule has 34 heavy (non-hydrogen) atoms. The summed E-state index contributed by atoms with van der Waals surface area (Å²) >= 11 is 2.98. The van der Waals surface area contributed by atoms with Crippen molar-refractivity contribution in [2.45, 2.75) is 6.61 Å². The molecule has 0 unspecified atom stereocenters. The number of carbonyl (C=O) groups is 1. The second-order valence-electron chi connectivity index (χ2n) is 7.72. The van der Waals surface area contributed by atoms with Crippen LogP contribution in [-0.4, -0.2) is 44.4 Å². The van der Waals surface area contributed by atoms with Crippen LogP contribution in [0, 0.1) is 0 Å². The fraction of sp³-hybridized carbons (Fsp3) is 0.231. The van der Waals surface area contributed by atoms with Gasteiger partial charge in [0.1, 0.15) is 22.2 Å². The lowest BCUT2D eigenvalue weighted by molar-refractivity contribution is 0.0474. The molecule has 174 valence electrons. The van der Waals surface area contributed by atoms with E-state index >= 15 is 0 Å². The third-order valence-corrected chi connectivity index (χ3v) is 7.64. The molecule has 0 atom stereocenters. The van der Waals surface area contributed by atoms with Crippen LogP contribution in [0.2, 0.25) is 0 Å². The molecular formula is C26H24N2O4S2. The third kappa shape index (κ3) is 4.84. The Kier molecular flexibility index (Phi) is 6.89. The minimum absolute atomic E-state index is 0.121. The van der Waals surface area contributed by atoms with Crippen molar-refractivity contribution >= 4 is 33.6 Å². The fourth-order valence-corrected chi connectivity index (χ4v) is 5.80. The maximum absolute atomic E-state index is 13.0. The van der Waals surface area contributed by atoms with E-state index in [0.717, 1.165) is 45.5 Å². The van der Waals surface area contributed by atoms with E-state index in [4.69, 9.17) is 14.2 Å². The number of aromatic nitrogens is 1. The first-order valence-electron chi connectivity index (χ1n) is 11.0. The van der Waals surface area contributed by atoms with Gasteiger partial charge < -0.3 is 19.1 Å². The number of hydrogen-bond acceptors (Lipinski definition) is 8. The van der Waals surface area contributed by atoms with Crippen LogP contribution < -0.4 is 9.64 Å². The van der Waals surface area contributed by atoms with Gasteiger partial charge in [-0.2, -0.15) is 0 Å². The number of rotatable bonds is 7. The van der Waals surface area contributed by atoms with Gasteiger partial charge in [-0.3, -0.25) is 0 Å². The van der Waals surface area contributed by atoms with Gasteiger partial charge in [-0.1, -0.05) is 42.5 Å². The minimum Gasteiger partial charge on any atom is -0.496 e. The number of morpholine rings is 1. The van der Waals surface area contributed by atoms with Crippen LogP contribution in [-0.2, 0) is 16.1 Å². The summed E-state index contributed by atoms with van der Waals surface area (Å²) in [5, 5.41) is 3.83. The van der Waals surface area contributed by atoms with E-state index in [0.29, 0.717) is 23.8 Å². The van der Waals surface area contributed by atoms with Crippen molar-refractivity contribution in [1.82, 2.24) is 4.98 Å². The van der Waals surface area contributed by atoms with E-state index in [1.807, 2.05) is 53.9 Å². The van der Waals surface area contributed by atoms with Crippen LogP contribution in [0.15, 0.2) is 66.0 Å². The van der Waals surface area contributed by atoms with Crippen LogP contribution in [0.3, 0.4) is 0 Å². The molecule has 3 heterocycles. The van der Waals surface area contributed by atoms with E-state index in [2.05, 4.69) is 22.0 Å². The first-order chi connectivity index (χ1) is 16.7. The summed E-state index contributed by atoms with van der Waals surface area (Å²) in [7, 11) is 1.64. The highest BCUT2D eigenvalue weighted by molar-refractivity contribution is 7.18. The Bertz CT molecular complexity index is 1260. The van der Waals surface area contributed by atoms with Crippen molar-refractivity contribution in [2.75, 3.05) is 38.3 Å². The van der Waals surface area contributed by atoms with Crippen LogP contribution in [0.25, 0.3) is 21.7 Å². The molecule has 0 N–H and O–H groups in total. The average Bonchev–Trinajstić information content (AvgIpc) is 3.56. The van der Waals surface area contributed by atoms with Crippen molar-refractivity contribution in [1.29, 1.82) is 0 Å². The molecule has 2 aromatic carbocycles. The molecule has 6 nitrogen and oxygen atoms in total. The van der Waals surface area contributed by atoms with Gasteiger partial charge in [0.05, 0.1) is 36.6 Å². The zero-order valence-electron chi connectivity index (χ0n) is 18.7. The minimum atomic E-state index is -0.339. The smallest absolute Gasteiger partial charge is 0.348 e. The second-order valence-corrected chi connectivity index (χ2v) is 9.60. The van der Waals surface area contributed by atoms with Crippen molar-refractivity contribution in [3.8, 4) is 27.4 Å². The number of benzene rings is 2. The number of carbonyl (C=O) groups excluding carboxylic acids is 1. The molecule has 0 aliphatic carbocycles. The lowest BCUT2D eigenvalue weighted by Gasteiger charge is -2.28. The summed E-state index contributed by atoms with van der Waals surface area (Å²) in [6.45, 7) is 3.10. The summed E-state index contributed by atoms with van der Waals surface area (Å²) in [4.78, 5) is 20.5. The maximum atomic E-state index is 13.0. The lowest BCUT2D eigenvalue weighted by atomic mass is 10.1.